The molecule has 0 aliphatic rings. The SMILES string of the molecule is COc1ccc(-c2cc(C#N)ccc2OC)cc1CN. The average Bonchev–Trinajstić information content (AvgIpc) is 2.53. The van der Waals surface area contributed by atoms with Gasteiger partial charge in [0.15, 0.2) is 0 Å². The quantitative estimate of drug-likeness (QED) is 0.925. The molecule has 2 aromatic rings. The van der Waals surface area contributed by atoms with Crippen LogP contribution in [-0.2, 0) is 6.54 Å². The summed E-state index contributed by atoms with van der Waals surface area (Å²) in [5, 5.41) is 9.02. The summed E-state index contributed by atoms with van der Waals surface area (Å²) in [5.74, 6) is 1.48. The van der Waals surface area contributed by atoms with Gasteiger partial charge < -0.3 is 15.2 Å². The molecular formula is C16H16N2O2. The van der Waals surface area contributed by atoms with E-state index in [-0.39, 0.29) is 0 Å². The molecule has 0 amide bonds. The number of nitrogens with zero attached hydrogens (tertiary/aromatic N) is 1. The van der Waals surface area contributed by atoms with Crippen LogP contribution < -0.4 is 15.2 Å². The maximum atomic E-state index is 9.02. The summed E-state index contributed by atoms with van der Waals surface area (Å²) in [7, 11) is 3.23. The number of nitriles is 1. The van der Waals surface area contributed by atoms with E-state index in [2.05, 4.69) is 6.07 Å². The van der Waals surface area contributed by atoms with Gasteiger partial charge >= 0.3 is 0 Å². The Morgan fingerprint density at radius 3 is 2.35 bits per heavy atom. The van der Waals surface area contributed by atoms with Gasteiger partial charge in [-0.2, -0.15) is 5.26 Å². The van der Waals surface area contributed by atoms with Gasteiger partial charge in [0, 0.05) is 17.7 Å². The van der Waals surface area contributed by atoms with Gasteiger partial charge in [0.1, 0.15) is 11.5 Å². The van der Waals surface area contributed by atoms with Crippen LogP contribution in [0.2, 0.25) is 0 Å². The van der Waals surface area contributed by atoms with Crippen LogP contribution in [0.15, 0.2) is 36.4 Å². The molecule has 0 bridgehead atoms. The van der Waals surface area contributed by atoms with Crippen molar-refractivity contribution in [1.29, 1.82) is 5.26 Å². The Morgan fingerprint density at radius 1 is 1.05 bits per heavy atom. The molecular weight excluding hydrogens is 252 g/mol. The first kappa shape index (κ1) is 13.9. The van der Waals surface area contributed by atoms with Gasteiger partial charge in [-0.25, -0.2) is 0 Å². The van der Waals surface area contributed by atoms with E-state index < -0.39 is 0 Å². The number of methoxy groups -OCH3 is 2. The number of ether oxygens (including phenoxy) is 2. The maximum absolute atomic E-state index is 9.02. The van der Waals surface area contributed by atoms with Gasteiger partial charge in [-0.3, -0.25) is 0 Å². The van der Waals surface area contributed by atoms with Crippen molar-refractivity contribution < 1.29 is 9.47 Å². The Kier molecular flexibility index (Phi) is 4.24. The third kappa shape index (κ3) is 2.58. The zero-order chi connectivity index (χ0) is 14.5. The molecule has 4 nitrogen and oxygen atoms in total. The first-order valence-electron chi connectivity index (χ1n) is 6.19. The van der Waals surface area contributed by atoms with E-state index >= 15 is 0 Å². The summed E-state index contributed by atoms with van der Waals surface area (Å²) in [6, 6.07) is 13.2. The lowest BCUT2D eigenvalue weighted by atomic mass is 9.99. The van der Waals surface area contributed by atoms with E-state index in [1.165, 1.54) is 0 Å². The van der Waals surface area contributed by atoms with Crippen LogP contribution in [0.5, 0.6) is 11.5 Å². The second-order valence-electron chi connectivity index (χ2n) is 4.26. The minimum atomic E-state index is 0.386. The Labute approximate surface area is 118 Å². The van der Waals surface area contributed by atoms with Crippen LogP contribution in [0.4, 0.5) is 0 Å². The molecule has 2 aromatic carbocycles. The zero-order valence-electron chi connectivity index (χ0n) is 11.5. The topological polar surface area (TPSA) is 68.3 Å². The Bertz CT molecular complexity index is 660. The van der Waals surface area contributed by atoms with Crippen molar-refractivity contribution in [3.05, 3.63) is 47.5 Å². The van der Waals surface area contributed by atoms with E-state index in [0.717, 1.165) is 28.2 Å². The van der Waals surface area contributed by atoms with E-state index in [1.807, 2.05) is 18.2 Å². The molecule has 0 saturated heterocycles. The second kappa shape index (κ2) is 6.09. The summed E-state index contributed by atoms with van der Waals surface area (Å²) < 4.78 is 10.6. The minimum absolute atomic E-state index is 0.386. The molecule has 2 N–H and O–H groups in total. The molecule has 0 fully saturated rings. The van der Waals surface area contributed by atoms with Crippen LogP contribution >= 0.6 is 0 Å². The van der Waals surface area contributed by atoms with Crippen molar-refractivity contribution in [1.82, 2.24) is 0 Å². The maximum Gasteiger partial charge on any atom is 0.126 e. The molecule has 0 spiro atoms. The molecule has 0 aliphatic heterocycles. The zero-order valence-corrected chi connectivity index (χ0v) is 11.5. The lowest BCUT2D eigenvalue weighted by Gasteiger charge is -2.12. The molecule has 4 heteroatoms. The Hall–Kier alpha value is -2.51. The van der Waals surface area contributed by atoms with E-state index in [1.54, 1.807) is 32.4 Å². The normalized spacial score (nSPS) is 9.90. The predicted molar refractivity (Wildman–Crippen MR) is 77.6 cm³/mol. The Balaban J connectivity index is 2.58. The van der Waals surface area contributed by atoms with Crippen molar-refractivity contribution in [3.8, 4) is 28.7 Å². The molecule has 0 radical (unpaired) electrons. The fourth-order valence-electron chi connectivity index (χ4n) is 2.11. The molecule has 0 heterocycles. The van der Waals surface area contributed by atoms with Crippen LogP contribution in [0.3, 0.4) is 0 Å². The third-order valence-corrected chi connectivity index (χ3v) is 3.14. The molecule has 20 heavy (non-hydrogen) atoms. The van der Waals surface area contributed by atoms with Crippen molar-refractivity contribution in [2.75, 3.05) is 14.2 Å². The summed E-state index contributed by atoms with van der Waals surface area (Å²) >= 11 is 0. The van der Waals surface area contributed by atoms with E-state index in [4.69, 9.17) is 20.5 Å². The van der Waals surface area contributed by atoms with Gasteiger partial charge in [-0.15, -0.1) is 0 Å². The first-order valence-corrected chi connectivity index (χ1v) is 6.19. The van der Waals surface area contributed by atoms with Gasteiger partial charge in [-0.1, -0.05) is 6.07 Å². The van der Waals surface area contributed by atoms with E-state index in [0.29, 0.717) is 12.1 Å². The molecule has 102 valence electrons. The highest BCUT2D eigenvalue weighted by atomic mass is 16.5. The molecule has 0 atom stereocenters. The number of benzene rings is 2. The predicted octanol–water partition coefficient (Wildman–Crippen LogP) is 2.70. The highest BCUT2D eigenvalue weighted by Gasteiger charge is 2.10. The number of nitrogens with two attached hydrogens (primary N) is 1. The van der Waals surface area contributed by atoms with Gasteiger partial charge in [0.05, 0.1) is 25.9 Å². The van der Waals surface area contributed by atoms with Crippen molar-refractivity contribution in [2.45, 2.75) is 6.54 Å². The average molecular weight is 268 g/mol. The Morgan fingerprint density at radius 2 is 1.75 bits per heavy atom. The van der Waals surface area contributed by atoms with Crippen molar-refractivity contribution >= 4 is 0 Å². The third-order valence-electron chi connectivity index (χ3n) is 3.14. The van der Waals surface area contributed by atoms with E-state index in [9.17, 15) is 0 Å². The van der Waals surface area contributed by atoms with Gasteiger partial charge in [0.2, 0.25) is 0 Å². The smallest absolute Gasteiger partial charge is 0.126 e. The molecule has 2 rings (SSSR count). The number of hydrogen-bond donors (Lipinski definition) is 1. The highest BCUT2D eigenvalue weighted by Crippen LogP contribution is 2.33. The summed E-state index contributed by atoms with van der Waals surface area (Å²) in [6.45, 7) is 0.386. The van der Waals surface area contributed by atoms with Crippen molar-refractivity contribution in [3.63, 3.8) is 0 Å². The number of rotatable bonds is 4. The van der Waals surface area contributed by atoms with Crippen LogP contribution in [0, 0.1) is 11.3 Å². The molecule has 0 unspecified atom stereocenters. The minimum Gasteiger partial charge on any atom is -0.496 e. The summed E-state index contributed by atoms with van der Waals surface area (Å²) in [4.78, 5) is 0. The molecule has 0 saturated carbocycles. The van der Waals surface area contributed by atoms with Gasteiger partial charge in [0.25, 0.3) is 0 Å². The standard InChI is InChI=1S/C16H16N2O2/c1-19-15-6-4-12(8-13(15)10-18)14-7-11(9-17)3-5-16(14)20-2/h3-8H,10,18H2,1-2H3. The van der Waals surface area contributed by atoms with Gasteiger partial charge in [-0.05, 0) is 35.9 Å². The van der Waals surface area contributed by atoms with Crippen molar-refractivity contribution in [2.24, 2.45) is 5.73 Å². The lowest BCUT2D eigenvalue weighted by Crippen LogP contribution is -2.00. The lowest BCUT2D eigenvalue weighted by molar-refractivity contribution is 0.409. The van der Waals surface area contributed by atoms with Crippen LogP contribution in [0.25, 0.3) is 11.1 Å². The fourth-order valence-corrected chi connectivity index (χ4v) is 2.11. The largest absolute Gasteiger partial charge is 0.496 e. The molecule has 0 aliphatic carbocycles. The van der Waals surface area contributed by atoms with Crippen LogP contribution in [-0.4, -0.2) is 14.2 Å². The molecule has 0 aromatic heterocycles. The summed E-state index contributed by atoms with van der Waals surface area (Å²) in [6.07, 6.45) is 0. The second-order valence-corrected chi connectivity index (χ2v) is 4.26. The fraction of sp³-hybridized carbons (Fsp3) is 0.188. The highest BCUT2D eigenvalue weighted by molar-refractivity contribution is 5.73. The monoisotopic (exact) mass is 268 g/mol. The number of hydrogen-bond acceptors (Lipinski definition) is 4. The summed E-state index contributed by atoms with van der Waals surface area (Å²) in [5.41, 5.74) is 9.05. The van der Waals surface area contributed by atoms with Crippen LogP contribution in [0.1, 0.15) is 11.1 Å². The first-order chi connectivity index (χ1) is 9.73.